The molecule has 1 aliphatic heterocycles. The van der Waals surface area contributed by atoms with E-state index in [4.69, 9.17) is 16.3 Å². The van der Waals surface area contributed by atoms with Gasteiger partial charge in [-0.15, -0.1) is 0 Å². The van der Waals surface area contributed by atoms with E-state index < -0.39 is 0 Å². The lowest BCUT2D eigenvalue weighted by Gasteiger charge is -2.36. The van der Waals surface area contributed by atoms with Crippen molar-refractivity contribution in [3.05, 3.63) is 40.5 Å². The Morgan fingerprint density at radius 1 is 1.31 bits per heavy atom. The summed E-state index contributed by atoms with van der Waals surface area (Å²) >= 11 is 6.07. The molecule has 0 radical (unpaired) electrons. The average molecular weight is 376 g/mol. The number of carbonyl (C=O) groups is 1. The Hall–Kier alpha value is -1.69. The summed E-state index contributed by atoms with van der Waals surface area (Å²) in [5.74, 6) is 0.360. The summed E-state index contributed by atoms with van der Waals surface area (Å²) in [6.45, 7) is 10.2. The van der Waals surface area contributed by atoms with Gasteiger partial charge >= 0.3 is 0 Å². The highest BCUT2D eigenvalue weighted by Gasteiger charge is 2.24. The van der Waals surface area contributed by atoms with E-state index in [-0.39, 0.29) is 5.91 Å². The molecule has 26 heavy (non-hydrogen) atoms. The molecule has 1 saturated heterocycles. The fourth-order valence-electron chi connectivity index (χ4n) is 3.46. The van der Waals surface area contributed by atoms with Crippen LogP contribution in [0, 0.1) is 12.8 Å². The molecule has 0 unspecified atom stereocenters. The third-order valence-electron chi connectivity index (χ3n) is 4.97. The maximum absolute atomic E-state index is 12.8. The second kappa shape index (κ2) is 8.33. The van der Waals surface area contributed by atoms with Crippen LogP contribution in [0.2, 0.25) is 5.02 Å². The molecular weight excluding hydrogens is 350 g/mol. The number of halogens is 1. The molecule has 2 heterocycles. The van der Waals surface area contributed by atoms with Crippen LogP contribution in [-0.4, -0.2) is 54.7 Å². The van der Waals surface area contributed by atoms with Crippen molar-refractivity contribution in [2.45, 2.75) is 26.8 Å². The van der Waals surface area contributed by atoms with Crippen LogP contribution in [0.5, 0.6) is 0 Å². The number of nitrogens with zero attached hydrogens (tertiary/aromatic N) is 2. The Balaban J connectivity index is 1.74. The molecule has 1 aromatic heterocycles. The minimum Gasteiger partial charge on any atom is -0.379 e. The van der Waals surface area contributed by atoms with Crippen LogP contribution >= 0.6 is 11.6 Å². The van der Waals surface area contributed by atoms with Gasteiger partial charge in [-0.05, 0) is 37.1 Å². The van der Waals surface area contributed by atoms with Gasteiger partial charge in [0.1, 0.15) is 0 Å². The molecule has 2 aromatic rings. The van der Waals surface area contributed by atoms with Gasteiger partial charge in [-0.1, -0.05) is 25.4 Å². The van der Waals surface area contributed by atoms with Gasteiger partial charge in [-0.2, -0.15) is 0 Å². The standard InChI is InChI=1S/C20H26ClN3O2/c1-13(2)19(24-6-8-26-9-7-24)12-22-20(25)17-11-15-10-16(21)4-5-18(15)23-14(17)3/h4-5,10-11,13,19H,6-9,12H2,1-3H3,(H,22,25)/t19-/m0/s1. The summed E-state index contributed by atoms with van der Waals surface area (Å²) in [5, 5.41) is 4.62. The number of hydrogen-bond acceptors (Lipinski definition) is 4. The number of hydrogen-bond donors (Lipinski definition) is 1. The Morgan fingerprint density at radius 2 is 2.04 bits per heavy atom. The maximum Gasteiger partial charge on any atom is 0.253 e. The van der Waals surface area contributed by atoms with E-state index in [2.05, 4.69) is 29.0 Å². The third-order valence-corrected chi connectivity index (χ3v) is 5.20. The molecule has 5 nitrogen and oxygen atoms in total. The van der Waals surface area contributed by atoms with Crippen LogP contribution in [0.3, 0.4) is 0 Å². The Kier molecular flexibility index (Phi) is 6.12. The van der Waals surface area contributed by atoms with Crippen LogP contribution < -0.4 is 5.32 Å². The number of morpholine rings is 1. The molecule has 3 rings (SSSR count). The molecule has 0 aliphatic carbocycles. The lowest BCUT2D eigenvalue weighted by molar-refractivity contribution is 0.00672. The first kappa shape index (κ1) is 19.1. The van der Waals surface area contributed by atoms with E-state index in [0.29, 0.717) is 29.1 Å². The molecule has 0 bridgehead atoms. The second-order valence-corrected chi connectivity index (χ2v) is 7.56. The SMILES string of the molecule is Cc1nc2ccc(Cl)cc2cc1C(=O)NC[C@@H](C(C)C)N1CCOCC1. The van der Waals surface area contributed by atoms with Crippen LogP contribution in [-0.2, 0) is 4.74 Å². The number of carbonyl (C=O) groups excluding carboxylic acids is 1. The zero-order chi connectivity index (χ0) is 18.7. The highest BCUT2D eigenvalue weighted by Crippen LogP contribution is 2.21. The molecule has 1 fully saturated rings. The van der Waals surface area contributed by atoms with Gasteiger partial charge in [0.15, 0.2) is 0 Å². The van der Waals surface area contributed by atoms with E-state index in [9.17, 15) is 4.79 Å². The van der Waals surface area contributed by atoms with E-state index in [1.165, 1.54) is 0 Å². The Morgan fingerprint density at radius 3 is 2.73 bits per heavy atom. The zero-order valence-electron chi connectivity index (χ0n) is 15.6. The summed E-state index contributed by atoms with van der Waals surface area (Å²) < 4.78 is 5.44. The minimum absolute atomic E-state index is 0.0872. The second-order valence-electron chi connectivity index (χ2n) is 7.13. The number of fused-ring (bicyclic) bond motifs is 1. The summed E-state index contributed by atoms with van der Waals surface area (Å²) in [6.07, 6.45) is 0. The van der Waals surface area contributed by atoms with Gasteiger partial charge in [0, 0.05) is 36.1 Å². The monoisotopic (exact) mass is 375 g/mol. The fourth-order valence-corrected chi connectivity index (χ4v) is 3.64. The van der Waals surface area contributed by atoms with Gasteiger partial charge in [0.2, 0.25) is 0 Å². The molecule has 140 valence electrons. The van der Waals surface area contributed by atoms with Crippen molar-refractivity contribution in [3.63, 3.8) is 0 Å². The van der Waals surface area contributed by atoms with Crippen molar-refractivity contribution in [2.24, 2.45) is 5.92 Å². The van der Waals surface area contributed by atoms with E-state index in [1.807, 2.05) is 31.2 Å². The molecule has 1 aromatic carbocycles. The number of nitrogens with one attached hydrogen (secondary N) is 1. The number of aromatic nitrogens is 1. The maximum atomic E-state index is 12.8. The molecular formula is C20H26ClN3O2. The minimum atomic E-state index is -0.0872. The van der Waals surface area contributed by atoms with Crippen molar-refractivity contribution in [1.82, 2.24) is 15.2 Å². The average Bonchev–Trinajstić information content (AvgIpc) is 2.62. The van der Waals surface area contributed by atoms with Crippen LogP contribution in [0.4, 0.5) is 0 Å². The van der Waals surface area contributed by atoms with Crippen molar-refractivity contribution in [1.29, 1.82) is 0 Å². The van der Waals surface area contributed by atoms with Gasteiger partial charge < -0.3 is 10.1 Å². The highest BCUT2D eigenvalue weighted by atomic mass is 35.5. The first-order valence-corrected chi connectivity index (χ1v) is 9.50. The van der Waals surface area contributed by atoms with Gasteiger partial charge in [-0.25, -0.2) is 0 Å². The number of pyridine rings is 1. The quantitative estimate of drug-likeness (QED) is 0.871. The van der Waals surface area contributed by atoms with Crippen molar-refractivity contribution < 1.29 is 9.53 Å². The first-order valence-electron chi connectivity index (χ1n) is 9.12. The molecule has 1 aliphatic rings. The fraction of sp³-hybridized carbons (Fsp3) is 0.500. The normalized spacial score (nSPS) is 16.8. The zero-order valence-corrected chi connectivity index (χ0v) is 16.3. The molecule has 1 amide bonds. The van der Waals surface area contributed by atoms with Crippen LogP contribution in [0.1, 0.15) is 29.9 Å². The summed E-state index contributed by atoms with van der Waals surface area (Å²) in [6, 6.07) is 7.69. The first-order chi connectivity index (χ1) is 12.5. The summed E-state index contributed by atoms with van der Waals surface area (Å²) in [7, 11) is 0. The number of ether oxygens (including phenoxy) is 1. The number of rotatable bonds is 5. The Bertz CT molecular complexity index is 788. The Labute approximate surface area is 159 Å². The summed E-state index contributed by atoms with van der Waals surface area (Å²) in [5.41, 5.74) is 2.17. The van der Waals surface area contributed by atoms with E-state index in [0.717, 1.165) is 42.9 Å². The smallest absolute Gasteiger partial charge is 0.253 e. The molecule has 0 spiro atoms. The molecule has 1 atom stereocenters. The lowest BCUT2D eigenvalue weighted by atomic mass is 10.0. The lowest BCUT2D eigenvalue weighted by Crippen LogP contribution is -2.51. The van der Waals surface area contributed by atoms with E-state index in [1.54, 1.807) is 0 Å². The van der Waals surface area contributed by atoms with Crippen molar-refractivity contribution in [3.8, 4) is 0 Å². The molecule has 6 heteroatoms. The topological polar surface area (TPSA) is 54.5 Å². The van der Waals surface area contributed by atoms with Crippen molar-refractivity contribution in [2.75, 3.05) is 32.8 Å². The predicted molar refractivity (Wildman–Crippen MR) is 105 cm³/mol. The largest absolute Gasteiger partial charge is 0.379 e. The third kappa shape index (κ3) is 4.34. The number of benzene rings is 1. The highest BCUT2D eigenvalue weighted by molar-refractivity contribution is 6.31. The molecule has 1 N–H and O–H groups in total. The summed E-state index contributed by atoms with van der Waals surface area (Å²) in [4.78, 5) is 19.7. The van der Waals surface area contributed by atoms with Gasteiger partial charge in [-0.3, -0.25) is 14.7 Å². The molecule has 0 saturated carbocycles. The van der Waals surface area contributed by atoms with Gasteiger partial charge in [0.05, 0.1) is 30.0 Å². The van der Waals surface area contributed by atoms with Crippen molar-refractivity contribution >= 4 is 28.4 Å². The number of amides is 1. The number of aryl methyl sites for hydroxylation is 1. The van der Waals surface area contributed by atoms with Gasteiger partial charge in [0.25, 0.3) is 5.91 Å². The van der Waals surface area contributed by atoms with E-state index >= 15 is 0 Å². The predicted octanol–water partition coefficient (Wildman–Crippen LogP) is 3.28. The van der Waals surface area contributed by atoms with Crippen LogP contribution in [0.15, 0.2) is 24.3 Å². The van der Waals surface area contributed by atoms with Crippen LogP contribution in [0.25, 0.3) is 10.9 Å².